The lowest BCUT2D eigenvalue weighted by atomic mass is 9.83. The molecule has 37 heavy (non-hydrogen) atoms. The number of aromatic nitrogens is 1. The second-order valence-corrected chi connectivity index (χ2v) is 9.88. The molecule has 0 saturated heterocycles. The number of fused-ring (bicyclic) bond motifs is 3. The molecule has 1 aliphatic carbocycles. The molecule has 0 spiro atoms. The van der Waals surface area contributed by atoms with Gasteiger partial charge in [0.25, 0.3) is 5.56 Å². The van der Waals surface area contributed by atoms with Crippen molar-refractivity contribution in [2.75, 3.05) is 7.11 Å². The summed E-state index contributed by atoms with van der Waals surface area (Å²) in [5.74, 6) is -0.594. The second kappa shape index (κ2) is 8.86. The molecule has 2 aliphatic rings. The van der Waals surface area contributed by atoms with Crippen molar-refractivity contribution in [2.24, 2.45) is 4.99 Å². The summed E-state index contributed by atoms with van der Waals surface area (Å²) in [6.07, 6.45) is 3.24. The molecular formula is C28H21N3O5S. The number of benzene rings is 3. The first-order chi connectivity index (χ1) is 18.0. The zero-order valence-corrected chi connectivity index (χ0v) is 20.6. The van der Waals surface area contributed by atoms with E-state index in [9.17, 15) is 20.0 Å². The highest BCUT2D eigenvalue weighted by molar-refractivity contribution is 7.07. The number of nitrogens with zero attached hydrogens (tertiary/aromatic N) is 3. The van der Waals surface area contributed by atoms with Crippen molar-refractivity contribution in [3.8, 4) is 11.5 Å². The van der Waals surface area contributed by atoms with Gasteiger partial charge in [0, 0.05) is 11.6 Å². The van der Waals surface area contributed by atoms with E-state index in [1.54, 1.807) is 10.6 Å². The van der Waals surface area contributed by atoms with E-state index >= 15 is 0 Å². The van der Waals surface area contributed by atoms with Gasteiger partial charge in [0.1, 0.15) is 0 Å². The van der Waals surface area contributed by atoms with Gasteiger partial charge in [-0.3, -0.25) is 19.5 Å². The number of nitro groups is 1. The predicted octanol–water partition coefficient (Wildman–Crippen LogP) is 3.94. The molecule has 0 amide bonds. The number of hydrogen-bond acceptors (Lipinski definition) is 7. The van der Waals surface area contributed by atoms with Crippen molar-refractivity contribution in [1.29, 1.82) is 0 Å². The molecule has 8 nitrogen and oxygen atoms in total. The van der Waals surface area contributed by atoms with E-state index in [2.05, 4.69) is 12.1 Å². The highest BCUT2D eigenvalue weighted by Crippen LogP contribution is 2.41. The van der Waals surface area contributed by atoms with Crippen LogP contribution in [0.2, 0.25) is 0 Å². The normalized spacial score (nSPS) is 16.5. The molecule has 1 N–H and O–H groups in total. The van der Waals surface area contributed by atoms with Gasteiger partial charge < -0.3 is 9.84 Å². The number of rotatable bonds is 4. The van der Waals surface area contributed by atoms with Crippen LogP contribution in [0.3, 0.4) is 0 Å². The van der Waals surface area contributed by atoms with Gasteiger partial charge in [-0.25, -0.2) is 4.99 Å². The molecule has 6 rings (SSSR count). The van der Waals surface area contributed by atoms with Crippen LogP contribution in [0.5, 0.6) is 11.5 Å². The van der Waals surface area contributed by atoms with E-state index in [0.717, 1.165) is 35.2 Å². The van der Waals surface area contributed by atoms with Crippen molar-refractivity contribution in [2.45, 2.75) is 18.9 Å². The Morgan fingerprint density at radius 1 is 1.14 bits per heavy atom. The SMILES string of the molecule is COc1cc(/C=c2\sc3n(c2=O)[C@@H](c2ccccc2)C2=C(N=3)c3ccccc3CC2)cc([N+](=O)[O-])c1O. The van der Waals surface area contributed by atoms with Crippen molar-refractivity contribution < 1.29 is 14.8 Å². The summed E-state index contributed by atoms with van der Waals surface area (Å²) in [7, 11) is 1.32. The zero-order valence-electron chi connectivity index (χ0n) is 19.7. The van der Waals surface area contributed by atoms with E-state index < -0.39 is 16.4 Å². The summed E-state index contributed by atoms with van der Waals surface area (Å²) >= 11 is 1.24. The van der Waals surface area contributed by atoms with Crippen molar-refractivity contribution in [3.63, 3.8) is 0 Å². The quantitative estimate of drug-likeness (QED) is 0.330. The average molecular weight is 512 g/mol. The third-order valence-corrected chi connectivity index (χ3v) is 7.76. The number of thiazole rings is 1. The Morgan fingerprint density at radius 2 is 1.89 bits per heavy atom. The minimum Gasteiger partial charge on any atom is -0.500 e. The standard InChI is InChI=1S/C28H21N3O5S/c1-36-22-14-16(13-21(26(22)32)31(34)35)15-23-27(33)30-25(18-8-3-2-4-9-18)20-12-11-17-7-5-6-10-19(17)24(20)29-28(30)37-23/h2-10,13-15,25,32H,11-12H2,1H3/b23-15-/t25-/m0/s1. The summed E-state index contributed by atoms with van der Waals surface area (Å²) in [5.41, 5.74) is 4.98. The summed E-state index contributed by atoms with van der Waals surface area (Å²) in [6, 6.07) is 20.5. The van der Waals surface area contributed by atoms with Gasteiger partial charge in [-0.2, -0.15) is 0 Å². The lowest BCUT2D eigenvalue weighted by Gasteiger charge is -2.30. The molecule has 1 aromatic heterocycles. The second-order valence-electron chi connectivity index (χ2n) is 8.87. The van der Waals surface area contributed by atoms with Gasteiger partial charge >= 0.3 is 5.69 Å². The van der Waals surface area contributed by atoms with Crippen LogP contribution < -0.4 is 19.6 Å². The Bertz CT molecular complexity index is 1790. The molecule has 1 aliphatic heterocycles. The monoisotopic (exact) mass is 511 g/mol. The third-order valence-electron chi connectivity index (χ3n) is 6.78. The van der Waals surface area contributed by atoms with Crippen molar-refractivity contribution in [3.05, 3.63) is 124 Å². The first-order valence-corrected chi connectivity index (χ1v) is 12.5. The van der Waals surface area contributed by atoms with E-state index in [4.69, 9.17) is 9.73 Å². The fourth-order valence-corrected chi connectivity index (χ4v) is 6.10. The maximum Gasteiger partial charge on any atom is 0.315 e. The minimum atomic E-state index is -0.683. The van der Waals surface area contributed by atoms with Gasteiger partial charge in [0.15, 0.2) is 10.6 Å². The lowest BCUT2D eigenvalue weighted by Crippen LogP contribution is -2.38. The summed E-state index contributed by atoms with van der Waals surface area (Å²) in [5, 5.41) is 21.6. The molecule has 1 atom stereocenters. The van der Waals surface area contributed by atoms with Gasteiger partial charge in [0.05, 0.1) is 28.3 Å². The molecule has 9 heteroatoms. The molecule has 0 fully saturated rings. The number of nitro benzene ring substituents is 1. The van der Waals surface area contributed by atoms with Gasteiger partial charge in [0.2, 0.25) is 5.75 Å². The van der Waals surface area contributed by atoms with Crippen molar-refractivity contribution >= 4 is 28.8 Å². The van der Waals surface area contributed by atoms with Gasteiger partial charge in [-0.15, -0.1) is 0 Å². The fourth-order valence-electron chi connectivity index (χ4n) is 5.10. The number of ether oxygens (including phenoxy) is 1. The maximum absolute atomic E-state index is 13.8. The number of methoxy groups -OCH3 is 1. The molecule has 0 bridgehead atoms. The van der Waals surface area contributed by atoms with Crippen LogP contribution in [0.25, 0.3) is 11.8 Å². The molecule has 4 aromatic rings. The summed E-state index contributed by atoms with van der Waals surface area (Å²) < 4.78 is 7.23. The number of phenolic OH excluding ortho intramolecular Hbond substituents is 1. The average Bonchev–Trinajstić information content (AvgIpc) is 3.22. The van der Waals surface area contributed by atoms with Crippen LogP contribution in [-0.4, -0.2) is 21.7 Å². The highest BCUT2D eigenvalue weighted by Gasteiger charge is 2.32. The van der Waals surface area contributed by atoms with E-state index in [0.29, 0.717) is 14.9 Å². The van der Waals surface area contributed by atoms with Crippen LogP contribution in [0, 0.1) is 10.1 Å². The topological polar surface area (TPSA) is 107 Å². The van der Waals surface area contributed by atoms with Crippen molar-refractivity contribution in [1.82, 2.24) is 4.57 Å². The summed E-state index contributed by atoms with van der Waals surface area (Å²) in [6.45, 7) is 0. The largest absolute Gasteiger partial charge is 0.500 e. The molecule has 3 aromatic carbocycles. The Hall–Kier alpha value is -4.50. The van der Waals surface area contributed by atoms with Crippen LogP contribution in [0.1, 0.15) is 34.7 Å². The third kappa shape index (κ3) is 3.75. The molecule has 2 heterocycles. The minimum absolute atomic E-state index is 0.0394. The van der Waals surface area contributed by atoms with E-state index in [-0.39, 0.29) is 17.4 Å². The number of hydrogen-bond donors (Lipinski definition) is 1. The number of allylic oxidation sites excluding steroid dienone is 1. The van der Waals surface area contributed by atoms with Crippen LogP contribution >= 0.6 is 11.3 Å². The Morgan fingerprint density at radius 3 is 2.65 bits per heavy atom. The Balaban J connectivity index is 1.60. The molecule has 184 valence electrons. The van der Waals surface area contributed by atoms with E-state index in [1.165, 1.54) is 36.1 Å². The van der Waals surface area contributed by atoms with Gasteiger partial charge in [-0.05, 0) is 47.2 Å². The highest BCUT2D eigenvalue weighted by atomic mass is 32.1. The molecule has 0 radical (unpaired) electrons. The zero-order chi connectivity index (χ0) is 25.7. The van der Waals surface area contributed by atoms with Crippen LogP contribution in [0.4, 0.5) is 5.69 Å². The Labute approximate surface area is 214 Å². The van der Waals surface area contributed by atoms with Gasteiger partial charge in [-0.1, -0.05) is 65.9 Å². The van der Waals surface area contributed by atoms with E-state index in [1.807, 2.05) is 42.5 Å². The molecule has 0 saturated carbocycles. The number of aromatic hydroxyl groups is 1. The lowest BCUT2D eigenvalue weighted by molar-refractivity contribution is -0.386. The predicted molar refractivity (Wildman–Crippen MR) is 141 cm³/mol. The molecule has 0 unspecified atom stereocenters. The van der Waals surface area contributed by atoms with Crippen LogP contribution in [0.15, 0.2) is 82.1 Å². The molecular weight excluding hydrogens is 490 g/mol. The van der Waals surface area contributed by atoms with Crippen LogP contribution in [-0.2, 0) is 6.42 Å². The number of aryl methyl sites for hydroxylation is 1. The first kappa shape index (κ1) is 22.9. The number of phenols is 1. The Kier molecular flexibility index (Phi) is 5.49. The first-order valence-electron chi connectivity index (χ1n) is 11.7. The fraction of sp³-hybridized carbons (Fsp3) is 0.143. The summed E-state index contributed by atoms with van der Waals surface area (Å²) in [4.78, 5) is 30.1. The maximum atomic E-state index is 13.8. The smallest absolute Gasteiger partial charge is 0.315 e.